The zero-order valence-corrected chi connectivity index (χ0v) is 14.0. The van der Waals surface area contributed by atoms with E-state index in [1.807, 2.05) is 0 Å². The van der Waals surface area contributed by atoms with Crippen LogP contribution >= 0.6 is 0 Å². The number of hydrogen-bond acceptors (Lipinski definition) is 4. The van der Waals surface area contributed by atoms with E-state index in [-0.39, 0.29) is 36.4 Å². The lowest BCUT2D eigenvalue weighted by Crippen LogP contribution is -2.53. The Morgan fingerprint density at radius 3 is 2.84 bits per heavy atom. The van der Waals surface area contributed by atoms with Crippen molar-refractivity contribution in [3.8, 4) is 0 Å². The van der Waals surface area contributed by atoms with Gasteiger partial charge in [-0.2, -0.15) is 0 Å². The van der Waals surface area contributed by atoms with Crippen molar-refractivity contribution < 1.29 is 19.1 Å². The molecule has 1 saturated heterocycles. The van der Waals surface area contributed by atoms with Crippen LogP contribution in [0.5, 0.6) is 0 Å². The molecule has 4 atom stereocenters. The molecule has 4 unspecified atom stereocenters. The van der Waals surface area contributed by atoms with Crippen LogP contribution in [-0.2, 0) is 9.59 Å². The topological polar surface area (TPSA) is 90.5 Å². The zero-order valence-electron chi connectivity index (χ0n) is 14.0. The first-order chi connectivity index (χ1) is 12.0. The fourth-order valence-electron chi connectivity index (χ4n) is 4.00. The Labute approximate surface area is 146 Å². The molecule has 1 saturated carbocycles. The molecule has 2 aliphatic rings. The zero-order chi connectivity index (χ0) is 17.8. The molecule has 0 bridgehead atoms. The highest BCUT2D eigenvalue weighted by Crippen LogP contribution is 2.29. The van der Waals surface area contributed by atoms with Gasteiger partial charge in [0.1, 0.15) is 5.82 Å². The molecule has 0 spiro atoms. The number of fused-ring (bicyclic) bond motifs is 1. The van der Waals surface area contributed by atoms with Crippen LogP contribution in [0.15, 0.2) is 24.3 Å². The molecule has 136 valence electrons. The van der Waals surface area contributed by atoms with Crippen LogP contribution in [0.4, 0.5) is 4.39 Å². The maximum Gasteiger partial charge on any atom is 0.303 e. The number of carbonyl (C=O) groups is 2. The number of halogens is 1. The second-order valence-electron chi connectivity index (χ2n) is 6.94. The second-order valence-corrected chi connectivity index (χ2v) is 6.94. The van der Waals surface area contributed by atoms with Gasteiger partial charge in [-0.15, -0.1) is 0 Å². The van der Waals surface area contributed by atoms with Gasteiger partial charge in [0.25, 0.3) is 0 Å². The molecule has 1 heterocycles. The second kappa shape index (κ2) is 7.93. The molecular formula is C18H24FN3O3. The molecule has 1 aliphatic carbocycles. The number of hydrazine groups is 1. The molecular weight excluding hydrogens is 325 g/mol. The predicted molar refractivity (Wildman–Crippen MR) is 90.2 cm³/mol. The van der Waals surface area contributed by atoms with Gasteiger partial charge in [-0.3, -0.25) is 20.4 Å². The third-order valence-corrected chi connectivity index (χ3v) is 5.21. The number of rotatable bonds is 6. The number of nitrogens with one attached hydrogen (secondary N) is 3. The van der Waals surface area contributed by atoms with E-state index in [4.69, 9.17) is 5.11 Å². The standard InChI is InChI=1S/C18H24FN3O3/c19-14-6-2-1-5-13(14)12(9-17(24)25)8-16(23)21-15-7-3-4-11-10-20-22-18(11)15/h1-2,5-6,11-12,15,18,20,22H,3-4,7-10H2,(H,21,23)(H,24,25). The van der Waals surface area contributed by atoms with E-state index >= 15 is 0 Å². The minimum Gasteiger partial charge on any atom is -0.481 e. The summed E-state index contributed by atoms with van der Waals surface area (Å²) in [5.41, 5.74) is 6.64. The van der Waals surface area contributed by atoms with Crippen molar-refractivity contribution in [3.05, 3.63) is 35.6 Å². The third-order valence-electron chi connectivity index (χ3n) is 5.21. The fourth-order valence-corrected chi connectivity index (χ4v) is 4.00. The lowest BCUT2D eigenvalue weighted by Gasteiger charge is -2.33. The minimum absolute atomic E-state index is 0.0207. The number of aliphatic carboxylic acids is 1. The molecule has 1 aromatic carbocycles. The maximum absolute atomic E-state index is 14.0. The predicted octanol–water partition coefficient (Wildman–Crippen LogP) is 1.54. The van der Waals surface area contributed by atoms with Crippen LogP contribution in [0, 0.1) is 11.7 Å². The summed E-state index contributed by atoms with van der Waals surface area (Å²) < 4.78 is 14.0. The number of carboxylic acid groups (broad SMARTS) is 1. The molecule has 7 heteroatoms. The molecule has 0 radical (unpaired) electrons. The Hall–Kier alpha value is -1.99. The Kier molecular flexibility index (Phi) is 5.65. The molecule has 6 nitrogen and oxygen atoms in total. The number of carboxylic acids is 1. The van der Waals surface area contributed by atoms with Crippen molar-refractivity contribution in [1.82, 2.24) is 16.2 Å². The van der Waals surface area contributed by atoms with Crippen LogP contribution in [0.3, 0.4) is 0 Å². The van der Waals surface area contributed by atoms with Crippen LogP contribution in [0.2, 0.25) is 0 Å². The number of amides is 1. The highest BCUT2D eigenvalue weighted by molar-refractivity contribution is 5.78. The molecule has 1 amide bonds. The smallest absolute Gasteiger partial charge is 0.303 e. The SMILES string of the molecule is O=C(O)CC(CC(=O)NC1CCCC2CNNC21)c1ccccc1F. The highest BCUT2D eigenvalue weighted by atomic mass is 19.1. The van der Waals surface area contributed by atoms with E-state index < -0.39 is 17.7 Å². The molecule has 1 aliphatic heterocycles. The van der Waals surface area contributed by atoms with Crippen LogP contribution < -0.4 is 16.2 Å². The summed E-state index contributed by atoms with van der Waals surface area (Å²) in [6.07, 6.45) is 2.78. The highest BCUT2D eigenvalue weighted by Gasteiger charge is 2.37. The van der Waals surface area contributed by atoms with Gasteiger partial charge in [-0.1, -0.05) is 24.6 Å². The van der Waals surface area contributed by atoms with Crippen molar-refractivity contribution >= 4 is 11.9 Å². The molecule has 1 aromatic rings. The average Bonchev–Trinajstić information content (AvgIpc) is 3.04. The fraction of sp³-hybridized carbons (Fsp3) is 0.556. The Balaban J connectivity index is 1.66. The summed E-state index contributed by atoms with van der Waals surface area (Å²) >= 11 is 0. The van der Waals surface area contributed by atoms with E-state index in [1.165, 1.54) is 6.07 Å². The van der Waals surface area contributed by atoms with Crippen molar-refractivity contribution in [3.63, 3.8) is 0 Å². The number of hydrogen-bond donors (Lipinski definition) is 4. The van der Waals surface area contributed by atoms with Gasteiger partial charge in [0.15, 0.2) is 0 Å². The monoisotopic (exact) mass is 349 g/mol. The molecule has 3 rings (SSSR count). The Morgan fingerprint density at radius 1 is 1.28 bits per heavy atom. The Bertz CT molecular complexity index is 640. The van der Waals surface area contributed by atoms with Gasteiger partial charge in [-0.25, -0.2) is 4.39 Å². The van der Waals surface area contributed by atoms with Gasteiger partial charge in [0.05, 0.1) is 6.42 Å². The minimum atomic E-state index is -1.04. The summed E-state index contributed by atoms with van der Waals surface area (Å²) in [6.45, 7) is 0.897. The van der Waals surface area contributed by atoms with Gasteiger partial charge in [0.2, 0.25) is 5.91 Å². The summed E-state index contributed by atoms with van der Waals surface area (Å²) in [5, 5.41) is 12.1. The van der Waals surface area contributed by atoms with Crippen molar-refractivity contribution in [2.45, 2.75) is 50.1 Å². The summed E-state index contributed by atoms with van der Waals surface area (Å²) in [5.74, 6) is -1.91. The first kappa shape index (κ1) is 17.8. The Morgan fingerprint density at radius 2 is 2.08 bits per heavy atom. The number of benzene rings is 1. The first-order valence-electron chi connectivity index (χ1n) is 8.78. The van der Waals surface area contributed by atoms with Crippen molar-refractivity contribution in [2.24, 2.45) is 5.92 Å². The lowest BCUT2D eigenvalue weighted by molar-refractivity contribution is -0.137. The summed E-state index contributed by atoms with van der Waals surface area (Å²) in [6, 6.07) is 6.27. The van der Waals surface area contributed by atoms with Crippen molar-refractivity contribution in [1.29, 1.82) is 0 Å². The van der Waals surface area contributed by atoms with Crippen LogP contribution in [0.1, 0.15) is 43.6 Å². The summed E-state index contributed by atoms with van der Waals surface area (Å²) in [4.78, 5) is 23.6. The molecule has 25 heavy (non-hydrogen) atoms. The average molecular weight is 349 g/mol. The quantitative estimate of drug-likeness (QED) is 0.625. The maximum atomic E-state index is 14.0. The third kappa shape index (κ3) is 4.35. The van der Waals surface area contributed by atoms with E-state index in [0.29, 0.717) is 5.92 Å². The first-order valence-corrected chi connectivity index (χ1v) is 8.78. The lowest BCUT2D eigenvalue weighted by atomic mass is 9.82. The van der Waals surface area contributed by atoms with Gasteiger partial charge in [0, 0.05) is 31.0 Å². The number of carbonyl (C=O) groups excluding carboxylic acids is 1. The van der Waals surface area contributed by atoms with Gasteiger partial charge in [-0.05, 0) is 30.4 Å². The van der Waals surface area contributed by atoms with Crippen LogP contribution in [0.25, 0.3) is 0 Å². The normalized spacial score (nSPS) is 26.7. The van der Waals surface area contributed by atoms with Gasteiger partial charge >= 0.3 is 5.97 Å². The summed E-state index contributed by atoms with van der Waals surface area (Å²) in [7, 11) is 0. The van der Waals surface area contributed by atoms with Crippen LogP contribution in [-0.4, -0.2) is 35.6 Å². The molecule has 0 aromatic heterocycles. The molecule has 4 N–H and O–H groups in total. The largest absolute Gasteiger partial charge is 0.481 e. The van der Waals surface area contributed by atoms with Gasteiger partial charge < -0.3 is 10.4 Å². The van der Waals surface area contributed by atoms with E-state index in [1.54, 1.807) is 18.2 Å². The van der Waals surface area contributed by atoms with Crippen molar-refractivity contribution in [2.75, 3.05) is 6.54 Å². The van der Waals surface area contributed by atoms with E-state index in [2.05, 4.69) is 16.2 Å². The molecule has 2 fully saturated rings. The van der Waals surface area contributed by atoms with E-state index in [9.17, 15) is 14.0 Å². The van der Waals surface area contributed by atoms with E-state index in [0.717, 1.165) is 25.8 Å².